The molecule has 6 rings (SSSR count). The van der Waals surface area contributed by atoms with Crippen LogP contribution in [0.2, 0.25) is 0 Å². The van der Waals surface area contributed by atoms with Gasteiger partial charge in [0, 0.05) is 11.1 Å². The zero-order valence-corrected chi connectivity index (χ0v) is 18.9. The molecule has 0 amide bonds. The van der Waals surface area contributed by atoms with Gasteiger partial charge in [0.1, 0.15) is 5.82 Å². The number of rotatable bonds is 4. The second-order valence-corrected chi connectivity index (χ2v) is 8.43. The Labute approximate surface area is 204 Å². The monoisotopic (exact) mass is 461 g/mol. The summed E-state index contributed by atoms with van der Waals surface area (Å²) in [6.07, 6.45) is 18.5. The average molecular weight is 462 g/mol. The van der Waals surface area contributed by atoms with E-state index in [1.807, 2.05) is 61.6 Å². The van der Waals surface area contributed by atoms with Gasteiger partial charge in [-0.2, -0.15) is 0 Å². The van der Waals surface area contributed by atoms with Crippen LogP contribution in [0.4, 0.5) is 4.39 Å². The Bertz CT molecular complexity index is 1560. The van der Waals surface area contributed by atoms with Gasteiger partial charge in [-0.15, -0.1) is 0 Å². The van der Waals surface area contributed by atoms with Gasteiger partial charge in [-0.3, -0.25) is 0 Å². The molecule has 1 aromatic carbocycles. The molecular formula is C29H21FN4O. The number of benzene rings is 1. The standard InChI is InChI=1S/C29H21FN4O/c1-18(35-17-19-4-2-3-5-28(19)30)27-15-26-14-24-9-8-22(32-24)12-20-6-7-21(31-20)13-23-10-11-25(33-23)16-29(27)34-26/h2-16,18H,17H2,1H3/i15D. The van der Waals surface area contributed by atoms with Gasteiger partial charge in [0.2, 0.25) is 0 Å². The van der Waals surface area contributed by atoms with Crippen LogP contribution in [0.15, 0.2) is 139 Å². The van der Waals surface area contributed by atoms with Crippen molar-refractivity contribution in [3.63, 3.8) is 0 Å². The van der Waals surface area contributed by atoms with E-state index in [1.54, 1.807) is 24.3 Å². The van der Waals surface area contributed by atoms with Crippen molar-refractivity contribution < 1.29 is 10.5 Å². The minimum absolute atomic E-state index is 0.0861. The number of aliphatic imine (C=N–C) groups is 4. The van der Waals surface area contributed by atoms with Gasteiger partial charge < -0.3 is 4.74 Å². The summed E-state index contributed by atoms with van der Waals surface area (Å²) >= 11 is 0. The van der Waals surface area contributed by atoms with Crippen LogP contribution in [0.25, 0.3) is 0 Å². The van der Waals surface area contributed by atoms with Crippen molar-refractivity contribution in [2.75, 3.05) is 0 Å². The van der Waals surface area contributed by atoms with E-state index in [9.17, 15) is 4.39 Å². The maximum absolute atomic E-state index is 14.1. The number of ether oxygens (including phenoxy) is 1. The summed E-state index contributed by atoms with van der Waals surface area (Å²) in [6, 6.07) is 6.77. The molecule has 5 aliphatic rings. The Morgan fingerprint density at radius 2 is 1.34 bits per heavy atom. The average Bonchev–Trinajstić information content (AvgIpc) is 3.64. The van der Waals surface area contributed by atoms with Crippen LogP contribution in [-0.2, 0) is 11.3 Å². The summed E-state index contributed by atoms with van der Waals surface area (Å²) in [5, 5.41) is 0. The fourth-order valence-corrected chi connectivity index (χ4v) is 4.07. The molecular weight excluding hydrogens is 439 g/mol. The van der Waals surface area contributed by atoms with Crippen molar-refractivity contribution >= 4 is 22.8 Å². The van der Waals surface area contributed by atoms with Crippen LogP contribution in [0, 0.1) is 5.82 Å². The molecule has 0 aliphatic carbocycles. The van der Waals surface area contributed by atoms with E-state index in [0.29, 0.717) is 34.0 Å². The molecule has 0 N–H and O–H groups in total. The third kappa shape index (κ3) is 4.56. The highest BCUT2D eigenvalue weighted by Gasteiger charge is 2.22. The highest BCUT2D eigenvalue weighted by Crippen LogP contribution is 2.28. The lowest BCUT2D eigenvalue weighted by Gasteiger charge is -2.15. The summed E-state index contributed by atoms with van der Waals surface area (Å²) in [4.78, 5) is 18.7. The van der Waals surface area contributed by atoms with Gasteiger partial charge in [0.15, 0.2) is 0 Å². The highest BCUT2D eigenvalue weighted by atomic mass is 19.1. The first kappa shape index (κ1) is 20.1. The molecule has 0 saturated heterocycles. The van der Waals surface area contributed by atoms with Gasteiger partial charge in [0.25, 0.3) is 0 Å². The maximum atomic E-state index is 14.1. The zero-order valence-electron chi connectivity index (χ0n) is 19.9. The largest absolute Gasteiger partial charge is 0.369 e. The summed E-state index contributed by atoms with van der Waals surface area (Å²) < 4.78 is 29.0. The predicted molar refractivity (Wildman–Crippen MR) is 138 cm³/mol. The molecule has 5 nitrogen and oxygen atoms in total. The summed E-state index contributed by atoms with van der Waals surface area (Å²) in [5.74, 6) is -0.319. The van der Waals surface area contributed by atoms with Gasteiger partial charge in [-0.25, -0.2) is 24.4 Å². The fraction of sp³-hybridized carbons (Fsp3) is 0.103. The second-order valence-electron chi connectivity index (χ2n) is 8.43. The predicted octanol–water partition coefficient (Wildman–Crippen LogP) is 5.69. The van der Waals surface area contributed by atoms with Crippen LogP contribution in [0.5, 0.6) is 0 Å². The van der Waals surface area contributed by atoms with Crippen molar-refractivity contribution in [2.45, 2.75) is 19.6 Å². The van der Waals surface area contributed by atoms with Crippen molar-refractivity contribution in [3.05, 3.63) is 131 Å². The molecule has 170 valence electrons. The molecule has 0 radical (unpaired) electrons. The SMILES string of the molecule is [2H]C1=C(C(C)OCc2ccccc2F)C2=CC3=NC(=CC4=NC(=CC5=NC(=CC1=N2)C=C5)C=C4)C=C3. The lowest BCUT2D eigenvalue weighted by Crippen LogP contribution is -2.13. The van der Waals surface area contributed by atoms with Gasteiger partial charge >= 0.3 is 0 Å². The first-order valence-corrected chi connectivity index (χ1v) is 11.3. The Morgan fingerprint density at radius 1 is 0.771 bits per heavy atom. The number of allylic oxidation sites excluding steroid dienone is 11. The topological polar surface area (TPSA) is 58.7 Å². The molecule has 8 bridgehead atoms. The number of fused-ring (bicyclic) bond motifs is 4. The van der Waals surface area contributed by atoms with E-state index in [1.165, 1.54) is 6.07 Å². The van der Waals surface area contributed by atoms with Crippen molar-refractivity contribution in [1.29, 1.82) is 0 Å². The van der Waals surface area contributed by atoms with Gasteiger partial charge in [0.05, 0.1) is 59.7 Å². The van der Waals surface area contributed by atoms with Crippen LogP contribution in [0.3, 0.4) is 0 Å². The molecule has 0 spiro atoms. The Kier molecular flexibility index (Phi) is 5.07. The third-order valence-corrected chi connectivity index (χ3v) is 5.84. The minimum Gasteiger partial charge on any atom is -0.369 e. The van der Waals surface area contributed by atoms with Crippen LogP contribution < -0.4 is 0 Å². The quantitative estimate of drug-likeness (QED) is 0.568. The molecule has 1 atom stereocenters. The first-order chi connectivity index (χ1) is 17.5. The highest BCUT2D eigenvalue weighted by molar-refractivity contribution is 6.15. The van der Waals surface area contributed by atoms with Crippen molar-refractivity contribution in [3.8, 4) is 0 Å². The lowest BCUT2D eigenvalue weighted by atomic mass is 10.1. The van der Waals surface area contributed by atoms with Crippen LogP contribution >= 0.6 is 0 Å². The zero-order chi connectivity index (χ0) is 24.6. The molecule has 35 heavy (non-hydrogen) atoms. The molecule has 0 saturated carbocycles. The van der Waals surface area contributed by atoms with Crippen molar-refractivity contribution in [2.24, 2.45) is 20.0 Å². The van der Waals surface area contributed by atoms with Gasteiger partial charge in [-0.05, 0) is 79.8 Å². The van der Waals surface area contributed by atoms with E-state index < -0.39 is 6.10 Å². The fourth-order valence-electron chi connectivity index (χ4n) is 4.07. The molecule has 5 heterocycles. The molecule has 1 aromatic rings. The smallest absolute Gasteiger partial charge is 0.128 e. The second kappa shape index (κ2) is 8.81. The minimum atomic E-state index is -0.496. The summed E-state index contributed by atoms with van der Waals surface area (Å²) in [7, 11) is 0. The van der Waals surface area contributed by atoms with Crippen LogP contribution in [-0.4, -0.2) is 29.0 Å². The van der Waals surface area contributed by atoms with E-state index in [0.717, 1.165) is 22.8 Å². The summed E-state index contributed by atoms with van der Waals surface area (Å²) in [6.45, 7) is 1.94. The summed E-state index contributed by atoms with van der Waals surface area (Å²) in [5.41, 5.74) is 6.76. The molecule has 6 heteroatoms. The van der Waals surface area contributed by atoms with E-state index in [-0.39, 0.29) is 18.5 Å². The number of nitrogens with zero attached hydrogens (tertiary/aromatic N) is 4. The normalized spacial score (nSPS) is 21.1. The van der Waals surface area contributed by atoms with Crippen molar-refractivity contribution in [1.82, 2.24) is 0 Å². The molecule has 1 unspecified atom stereocenters. The first-order valence-electron chi connectivity index (χ1n) is 11.8. The van der Waals surface area contributed by atoms with Gasteiger partial charge in [-0.1, -0.05) is 18.2 Å². The number of hydrogen-bond acceptors (Lipinski definition) is 5. The number of halogens is 1. The van der Waals surface area contributed by atoms with E-state index in [2.05, 4.69) is 15.0 Å². The Hall–Kier alpha value is -4.29. The number of hydrogen-bond donors (Lipinski definition) is 0. The third-order valence-electron chi connectivity index (χ3n) is 5.84. The lowest BCUT2D eigenvalue weighted by molar-refractivity contribution is 0.0762. The molecule has 0 aromatic heterocycles. The van der Waals surface area contributed by atoms with Crippen LogP contribution in [0.1, 0.15) is 13.9 Å². The molecule has 5 aliphatic heterocycles. The van der Waals surface area contributed by atoms with E-state index in [4.69, 9.17) is 11.1 Å². The Morgan fingerprint density at radius 3 is 1.97 bits per heavy atom. The molecule has 0 fully saturated rings. The van der Waals surface area contributed by atoms with E-state index >= 15 is 0 Å². The maximum Gasteiger partial charge on any atom is 0.128 e. The Balaban J connectivity index is 1.39.